The fourth-order valence-corrected chi connectivity index (χ4v) is 4.84. The summed E-state index contributed by atoms with van der Waals surface area (Å²) in [5.41, 5.74) is 3.40. The molecule has 9 heteroatoms. The van der Waals surface area contributed by atoms with E-state index in [9.17, 15) is 4.79 Å². The summed E-state index contributed by atoms with van der Waals surface area (Å²) in [6.45, 7) is 3.32. The van der Waals surface area contributed by atoms with Gasteiger partial charge in [-0.1, -0.05) is 24.3 Å². The number of benzene rings is 1. The number of aliphatic imine (C=N–C) groups is 1. The molecule has 1 amide bonds. The number of hydrogen-bond donors (Lipinski definition) is 1. The van der Waals surface area contributed by atoms with Crippen LogP contribution in [0.25, 0.3) is 5.65 Å². The van der Waals surface area contributed by atoms with Gasteiger partial charge in [-0.3, -0.25) is 14.2 Å². The molecule has 33 heavy (non-hydrogen) atoms. The van der Waals surface area contributed by atoms with Crippen LogP contribution in [-0.4, -0.2) is 64.6 Å². The minimum atomic E-state index is 0. The number of fused-ring (bicyclic) bond motifs is 2. The van der Waals surface area contributed by atoms with Gasteiger partial charge in [-0.05, 0) is 36.6 Å². The molecule has 0 saturated carbocycles. The van der Waals surface area contributed by atoms with Crippen molar-refractivity contribution in [1.29, 1.82) is 0 Å². The molecule has 1 unspecified atom stereocenters. The van der Waals surface area contributed by atoms with Crippen molar-refractivity contribution < 1.29 is 4.79 Å². The third-order valence-electron chi connectivity index (χ3n) is 6.47. The van der Waals surface area contributed by atoms with Crippen LogP contribution in [0.4, 0.5) is 5.69 Å². The number of para-hydroxylation sites is 1. The second-order valence-electron chi connectivity index (χ2n) is 8.41. The van der Waals surface area contributed by atoms with Crippen LogP contribution in [0, 0.1) is 0 Å². The van der Waals surface area contributed by atoms with Crippen LogP contribution in [0.3, 0.4) is 0 Å². The predicted octanol–water partition coefficient (Wildman–Crippen LogP) is 3.08. The number of hydrogen-bond acceptors (Lipinski definition) is 4. The zero-order valence-corrected chi connectivity index (χ0v) is 21.2. The van der Waals surface area contributed by atoms with Gasteiger partial charge in [-0.25, -0.2) is 0 Å². The van der Waals surface area contributed by atoms with E-state index in [4.69, 9.17) is 0 Å². The van der Waals surface area contributed by atoms with Crippen LogP contribution in [0.5, 0.6) is 0 Å². The van der Waals surface area contributed by atoms with Gasteiger partial charge in [0.15, 0.2) is 11.6 Å². The molecule has 8 nitrogen and oxygen atoms in total. The van der Waals surface area contributed by atoms with E-state index in [-0.39, 0.29) is 24.0 Å². The zero-order valence-electron chi connectivity index (χ0n) is 18.9. The molecule has 3 aromatic rings. The predicted molar refractivity (Wildman–Crippen MR) is 140 cm³/mol. The molecule has 1 N–H and O–H groups in total. The lowest BCUT2D eigenvalue weighted by atomic mass is 9.98. The summed E-state index contributed by atoms with van der Waals surface area (Å²) in [4.78, 5) is 20.9. The Morgan fingerprint density at radius 3 is 2.85 bits per heavy atom. The van der Waals surface area contributed by atoms with E-state index in [1.54, 1.807) is 0 Å². The number of carbonyl (C=O) groups is 1. The first-order valence-corrected chi connectivity index (χ1v) is 11.4. The van der Waals surface area contributed by atoms with Gasteiger partial charge in [0, 0.05) is 63.9 Å². The second-order valence-corrected chi connectivity index (χ2v) is 8.41. The molecule has 0 spiro atoms. The van der Waals surface area contributed by atoms with Gasteiger partial charge < -0.3 is 15.1 Å². The number of pyridine rings is 1. The van der Waals surface area contributed by atoms with Crippen molar-refractivity contribution in [2.24, 2.45) is 4.99 Å². The van der Waals surface area contributed by atoms with E-state index in [2.05, 4.69) is 49.7 Å². The van der Waals surface area contributed by atoms with Crippen molar-refractivity contribution in [3.8, 4) is 0 Å². The maximum Gasteiger partial charge on any atom is 0.222 e. The number of aromatic nitrogens is 3. The summed E-state index contributed by atoms with van der Waals surface area (Å²) in [5, 5.41) is 12.1. The van der Waals surface area contributed by atoms with Crippen LogP contribution in [0.2, 0.25) is 0 Å². The molecular weight excluding hydrogens is 529 g/mol. The quantitative estimate of drug-likeness (QED) is 0.286. The van der Waals surface area contributed by atoms with E-state index in [0.717, 1.165) is 56.3 Å². The van der Waals surface area contributed by atoms with Crippen LogP contribution in [-0.2, 0) is 11.2 Å². The highest BCUT2D eigenvalue weighted by atomic mass is 127. The fourth-order valence-electron chi connectivity index (χ4n) is 4.84. The van der Waals surface area contributed by atoms with Crippen LogP contribution >= 0.6 is 24.0 Å². The number of likely N-dealkylation sites (tertiary alicyclic amines) is 1. The normalized spacial score (nSPS) is 18.0. The van der Waals surface area contributed by atoms with Gasteiger partial charge >= 0.3 is 0 Å². The number of guanidine groups is 1. The van der Waals surface area contributed by atoms with Gasteiger partial charge in [0.25, 0.3) is 0 Å². The van der Waals surface area contributed by atoms with Gasteiger partial charge in [-0.2, -0.15) is 0 Å². The van der Waals surface area contributed by atoms with Crippen molar-refractivity contribution in [3.05, 3.63) is 60.0 Å². The monoisotopic (exact) mass is 559 g/mol. The maximum absolute atomic E-state index is 12.0. The van der Waals surface area contributed by atoms with Crippen molar-refractivity contribution in [2.45, 2.75) is 31.6 Å². The molecule has 0 radical (unpaired) electrons. The molecule has 2 aromatic heterocycles. The summed E-state index contributed by atoms with van der Waals surface area (Å²) < 4.78 is 2.02. The Labute approximate surface area is 211 Å². The van der Waals surface area contributed by atoms with E-state index < -0.39 is 0 Å². The average Bonchev–Trinajstić information content (AvgIpc) is 3.53. The van der Waals surface area contributed by atoms with E-state index in [1.807, 2.05) is 40.7 Å². The number of halogens is 1. The summed E-state index contributed by atoms with van der Waals surface area (Å²) in [7, 11) is 1.83. The van der Waals surface area contributed by atoms with Gasteiger partial charge in [0.1, 0.15) is 5.82 Å². The number of nitrogens with one attached hydrogen (secondary N) is 1. The molecule has 0 bridgehead atoms. The summed E-state index contributed by atoms with van der Waals surface area (Å²) in [6, 6.07) is 14.5. The molecule has 0 aliphatic carbocycles. The minimum absolute atomic E-state index is 0. The highest BCUT2D eigenvalue weighted by Crippen LogP contribution is 2.38. The SMILES string of the molecule is CN=C(NCCc1nnc2ccccn12)N1CC(CCN2CCCC2=O)c2ccccc21.I. The van der Waals surface area contributed by atoms with Crippen molar-refractivity contribution in [1.82, 2.24) is 24.8 Å². The first-order valence-electron chi connectivity index (χ1n) is 11.4. The van der Waals surface area contributed by atoms with E-state index in [1.165, 1.54) is 11.3 Å². The Morgan fingerprint density at radius 2 is 2.03 bits per heavy atom. The topological polar surface area (TPSA) is 78.1 Å². The van der Waals surface area contributed by atoms with Crippen LogP contribution in [0.1, 0.15) is 36.6 Å². The lowest BCUT2D eigenvalue weighted by Gasteiger charge is -2.23. The maximum atomic E-state index is 12.0. The molecule has 1 saturated heterocycles. The third kappa shape index (κ3) is 4.83. The highest BCUT2D eigenvalue weighted by Gasteiger charge is 2.32. The Morgan fingerprint density at radius 1 is 1.18 bits per heavy atom. The number of carbonyl (C=O) groups excluding carboxylic acids is 1. The highest BCUT2D eigenvalue weighted by molar-refractivity contribution is 14.0. The number of anilines is 1. The molecule has 1 fully saturated rings. The average molecular weight is 559 g/mol. The fraction of sp³-hybridized carbons (Fsp3) is 0.417. The molecule has 1 aromatic carbocycles. The van der Waals surface area contributed by atoms with Crippen LogP contribution < -0.4 is 10.2 Å². The van der Waals surface area contributed by atoms with E-state index >= 15 is 0 Å². The number of nitrogens with zero attached hydrogens (tertiary/aromatic N) is 6. The van der Waals surface area contributed by atoms with Crippen molar-refractivity contribution >= 4 is 47.2 Å². The molecular formula is C24H30IN7O. The minimum Gasteiger partial charge on any atom is -0.355 e. The second kappa shape index (κ2) is 10.5. The van der Waals surface area contributed by atoms with E-state index in [0.29, 0.717) is 24.8 Å². The Bertz CT molecular complexity index is 1140. The first kappa shape index (κ1) is 23.5. The Hall–Kier alpha value is -2.69. The summed E-state index contributed by atoms with van der Waals surface area (Å²) in [5.74, 6) is 2.48. The lowest BCUT2D eigenvalue weighted by Crippen LogP contribution is -2.42. The standard InChI is InChI=1S/C24H29N7O.HI/c1-25-24(26-13-11-22-28-27-21-9-4-5-15-30(21)22)31-17-18(19-7-2-3-8-20(19)31)12-16-29-14-6-10-23(29)32;/h2-5,7-9,15,18H,6,10-14,16-17H2,1H3,(H,25,26);1H. The number of rotatable bonds is 6. The molecule has 2 aliphatic heterocycles. The van der Waals surface area contributed by atoms with Crippen molar-refractivity contribution in [2.75, 3.05) is 38.1 Å². The lowest BCUT2D eigenvalue weighted by molar-refractivity contribution is -0.127. The molecule has 2 aliphatic rings. The van der Waals surface area contributed by atoms with Crippen molar-refractivity contribution in [3.63, 3.8) is 0 Å². The first-order chi connectivity index (χ1) is 15.7. The Balaban J connectivity index is 0.00000259. The molecule has 4 heterocycles. The smallest absolute Gasteiger partial charge is 0.222 e. The molecule has 174 valence electrons. The Kier molecular flexibility index (Phi) is 7.46. The van der Waals surface area contributed by atoms with Gasteiger partial charge in [0.2, 0.25) is 5.91 Å². The summed E-state index contributed by atoms with van der Waals surface area (Å²) >= 11 is 0. The summed E-state index contributed by atoms with van der Waals surface area (Å²) in [6.07, 6.45) is 5.41. The van der Waals surface area contributed by atoms with Gasteiger partial charge in [0.05, 0.1) is 0 Å². The molecule has 1 atom stereocenters. The third-order valence-corrected chi connectivity index (χ3v) is 6.47. The van der Waals surface area contributed by atoms with Gasteiger partial charge in [-0.15, -0.1) is 34.2 Å². The zero-order chi connectivity index (χ0) is 21.9. The molecule has 5 rings (SSSR count). The van der Waals surface area contributed by atoms with Crippen LogP contribution in [0.15, 0.2) is 53.7 Å². The number of amides is 1. The largest absolute Gasteiger partial charge is 0.355 e.